The summed E-state index contributed by atoms with van der Waals surface area (Å²) in [4.78, 5) is 5.86. The van der Waals surface area contributed by atoms with Gasteiger partial charge in [-0.2, -0.15) is 0 Å². The van der Waals surface area contributed by atoms with E-state index in [1.165, 1.54) is 0 Å². The van der Waals surface area contributed by atoms with Crippen LogP contribution in [0.5, 0.6) is 0 Å². The minimum atomic E-state index is -0.0938. The van der Waals surface area contributed by atoms with E-state index in [1.807, 2.05) is 37.3 Å². The maximum absolute atomic E-state index is 11.2. The van der Waals surface area contributed by atoms with Gasteiger partial charge in [-0.3, -0.25) is 5.21 Å². The summed E-state index contributed by atoms with van der Waals surface area (Å²) in [5, 5.41) is 11.2. The Bertz CT molecular complexity index is 346. The molecular formula is C11H13NO2. The first-order valence-electron chi connectivity index (χ1n) is 4.85. The lowest BCUT2D eigenvalue weighted by Gasteiger charge is -2.10. The monoisotopic (exact) mass is 191 g/mol. The summed E-state index contributed by atoms with van der Waals surface area (Å²) < 4.78 is 0. The van der Waals surface area contributed by atoms with Gasteiger partial charge in [0.25, 0.3) is 0 Å². The predicted octanol–water partition coefficient (Wildman–Crippen LogP) is 2.42. The van der Waals surface area contributed by atoms with Crippen LogP contribution < -0.4 is 0 Å². The van der Waals surface area contributed by atoms with Gasteiger partial charge in [-0.25, -0.2) is 0 Å². The number of benzene rings is 1. The first-order valence-corrected chi connectivity index (χ1v) is 4.85. The zero-order chi connectivity index (χ0) is 9.97. The summed E-state index contributed by atoms with van der Waals surface area (Å²) >= 11 is 0. The summed E-state index contributed by atoms with van der Waals surface area (Å²) in [6, 6.07) is 9.83. The largest absolute Gasteiger partial charge is 0.395 e. The van der Waals surface area contributed by atoms with Crippen LogP contribution in [0, 0.1) is 5.21 Å². The lowest BCUT2D eigenvalue weighted by Crippen LogP contribution is -2.04. The maximum Gasteiger partial charge on any atom is 0.223 e. The van der Waals surface area contributed by atoms with Crippen molar-refractivity contribution in [3.63, 3.8) is 0 Å². The van der Waals surface area contributed by atoms with Crippen LogP contribution in [0.2, 0.25) is 0 Å². The molecule has 0 saturated carbocycles. The van der Waals surface area contributed by atoms with Crippen LogP contribution in [0.25, 0.3) is 0 Å². The molecule has 0 fully saturated rings. The molecule has 0 radical (unpaired) electrons. The van der Waals surface area contributed by atoms with Gasteiger partial charge in [0, 0.05) is 11.3 Å². The van der Waals surface area contributed by atoms with Crippen molar-refractivity contribution < 1.29 is 9.74 Å². The molecule has 2 rings (SSSR count). The van der Waals surface area contributed by atoms with E-state index in [0.29, 0.717) is 11.3 Å². The molecule has 0 spiro atoms. The van der Waals surface area contributed by atoms with E-state index >= 15 is 0 Å². The Hall–Kier alpha value is -1.51. The number of hydrogen-bond donors (Lipinski definition) is 0. The Morgan fingerprint density at radius 3 is 2.71 bits per heavy atom. The molecule has 1 aliphatic heterocycles. The summed E-state index contributed by atoms with van der Waals surface area (Å²) in [7, 11) is 0. The molecule has 3 nitrogen and oxygen atoms in total. The van der Waals surface area contributed by atoms with Gasteiger partial charge in [0.1, 0.15) is 6.10 Å². The Balaban J connectivity index is 2.13. The fourth-order valence-corrected chi connectivity index (χ4v) is 1.64. The molecule has 0 saturated heterocycles. The van der Waals surface area contributed by atoms with E-state index in [4.69, 9.17) is 4.84 Å². The minimum absolute atomic E-state index is 0.0938. The molecule has 1 aromatic carbocycles. The van der Waals surface area contributed by atoms with Gasteiger partial charge >= 0.3 is 0 Å². The van der Waals surface area contributed by atoms with Crippen LogP contribution in [-0.4, -0.2) is 10.6 Å². The smallest absolute Gasteiger partial charge is 0.223 e. The Morgan fingerprint density at radius 1 is 1.43 bits per heavy atom. The van der Waals surface area contributed by atoms with E-state index in [0.717, 1.165) is 17.7 Å². The highest BCUT2D eigenvalue weighted by Gasteiger charge is 2.26. The highest BCUT2D eigenvalue weighted by molar-refractivity contribution is 5.80. The first-order chi connectivity index (χ1) is 6.81. The molecule has 0 aliphatic carbocycles. The SMILES string of the molecule is CCC1=[N+]([O-])OC(c2ccccc2)C1. The first kappa shape index (κ1) is 9.06. The van der Waals surface area contributed by atoms with Crippen molar-refractivity contribution in [2.45, 2.75) is 25.9 Å². The zero-order valence-corrected chi connectivity index (χ0v) is 8.14. The molecule has 1 atom stereocenters. The van der Waals surface area contributed by atoms with E-state index in [9.17, 15) is 5.21 Å². The quantitative estimate of drug-likeness (QED) is 0.673. The van der Waals surface area contributed by atoms with Crippen molar-refractivity contribution in [2.75, 3.05) is 0 Å². The standard InChI is InChI=1S/C11H13NO2/c1-2-10-8-11(14-12(10)13)9-6-4-3-5-7-9/h3-7,11H,2,8H2,1H3. The van der Waals surface area contributed by atoms with Gasteiger partial charge in [-0.1, -0.05) is 37.3 Å². The fourth-order valence-electron chi connectivity index (χ4n) is 1.64. The van der Waals surface area contributed by atoms with Crippen molar-refractivity contribution >= 4 is 5.71 Å². The second-order valence-electron chi connectivity index (χ2n) is 3.39. The van der Waals surface area contributed by atoms with Crippen molar-refractivity contribution in [2.24, 2.45) is 0 Å². The predicted molar refractivity (Wildman–Crippen MR) is 53.8 cm³/mol. The Labute approximate surface area is 83.2 Å². The topological polar surface area (TPSA) is 35.3 Å². The van der Waals surface area contributed by atoms with Gasteiger partial charge in [0.05, 0.1) is 6.42 Å². The minimum Gasteiger partial charge on any atom is -0.395 e. The van der Waals surface area contributed by atoms with E-state index in [1.54, 1.807) is 0 Å². The summed E-state index contributed by atoms with van der Waals surface area (Å²) in [6.07, 6.45) is 1.38. The van der Waals surface area contributed by atoms with Gasteiger partial charge in [0.15, 0.2) is 0 Å². The number of nitrogens with zero attached hydrogens (tertiary/aromatic N) is 1. The van der Waals surface area contributed by atoms with Crippen LogP contribution >= 0.6 is 0 Å². The molecule has 1 aromatic rings. The molecule has 1 heterocycles. The lowest BCUT2D eigenvalue weighted by atomic mass is 10.0. The molecule has 0 bridgehead atoms. The highest BCUT2D eigenvalue weighted by Crippen LogP contribution is 2.26. The third-order valence-corrected chi connectivity index (χ3v) is 2.48. The second kappa shape index (κ2) is 3.70. The van der Waals surface area contributed by atoms with Crippen LogP contribution in [0.15, 0.2) is 30.3 Å². The van der Waals surface area contributed by atoms with Gasteiger partial charge in [-0.15, -0.1) is 0 Å². The average Bonchev–Trinajstić information content (AvgIpc) is 2.61. The van der Waals surface area contributed by atoms with Gasteiger partial charge in [0.2, 0.25) is 5.71 Å². The molecule has 1 aliphatic rings. The van der Waals surface area contributed by atoms with E-state index < -0.39 is 0 Å². The van der Waals surface area contributed by atoms with E-state index in [-0.39, 0.29) is 6.10 Å². The van der Waals surface area contributed by atoms with Crippen molar-refractivity contribution in [3.8, 4) is 0 Å². The van der Waals surface area contributed by atoms with Crippen LogP contribution in [0.1, 0.15) is 31.4 Å². The summed E-state index contributed by atoms with van der Waals surface area (Å²) in [5.74, 6) is 0. The lowest BCUT2D eigenvalue weighted by molar-refractivity contribution is -0.743. The molecule has 0 aromatic heterocycles. The molecule has 0 N–H and O–H groups in total. The Morgan fingerprint density at radius 2 is 2.14 bits per heavy atom. The van der Waals surface area contributed by atoms with Crippen LogP contribution in [-0.2, 0) is 4.84 Å². The van der Waals surface area contributed by atoms with Gasteiger partial charge in [-0.05, 0) is 5.56 Å². The van der Waals surface area contributed by atoms with Crippen molar-refractivity contribution in [1.82, 2.24) is 0 Å². The summed E-state index contributed by atoms with van der Waals surface area (Å²) in [5.41, 5.74) is 1.88. The van der Waals surface area contributed by atoms with Crippen LogP contribution in [0.4, 0.5) is 0 Å². The van der Waals surface area contributed by atoms with Crippen molar-refractivity contribution in [3.05, 3.63) is 41.1 Å². The fraction of sp³-hybridized carbons (Fsp3) is 0.364. The van der Waals surface area contributed by atoms with E-state index in [2.05, 4.69) is 0 Å². The molecule has 14 heavy (non-hydrogen) atoms. The van der Waals surface area contributed by atoms with Crippen molar-refractivity contribution in [1.29, 1.82) is 0 Å². The molecule has 0 amide bonds. The average molecular weight is 191 g/mol. The molecule has 3 heteroatoms. The Kier molecular flexibility index (Phi) is 2.39. The highest BCUT2D eigenvalue weighted by atomic mass is 16.9. The van der Waals surface area contributed by atoms with Gasteiger partial charge < -0.3 is 4.84 Å². The third-order valence-electron chi connectivity index (χ3n) is 2.48. The number of rotatable bonds is 2. The number of hydrogen-bond acceptors (Lipinski definition) is 2. The molecular weight excluding hydrogens is 178 g/mol. The normalized spacial score (nSPS) is 21.1. The maximum atomic E-state index is 11.2. The third kappa shape index (κ3) is 1.58. The van der Waals surface area contributed by atoms with Crippen LogP contribution in [0.3, 0.4) is 0 Å². The second-order valence-corrected chi connectivity index (χ2v) is 3.39. The zero-order valence-electron chi connectivity index (χ0n) is 8.14. The molecule has 74 valence electrons. The summed E-state index contributed by atoms with van der Waals surface area (Å²) in [6.45, 7) is 1.97. The molecule has 1 unspecified atom stereocenters.